The van der Waals surface area contributed by atoms with E-state index in [0.717, 1.165) is 25.8 Å². The Hall–Kier alpha value is -0.610. The molecule has 0 fully saturated rings. The van der Waals surface area contributed by atoms with Gasteiger partial charge < -0.3 is 15.4 Å². The molecule has 0 aliphatic heterocycles. The quantitative estimate of drug-likeness (QED) is 0.486. The van der Waals surface area contributed by atoms with Crippen LogP contribution in [0.4, 0.5) is 0 Å². The Morgan fingerprint density at radius 2 is 2.07 bits per heavy atom. The minimum atomic E-state index is -0.102. The molecule has 0 aromatic rings. The molecular formula is C11H24N2O2. The van der Waals surface area contributed by atoms with Crippen LogP contribution in [0.15, 0.2) is 0 Å². The van der Waals surface area contributed by atoms with Gasteiger partial charge >= 0.3 is 5.97 Å². The van der Waals surface area contributed by atoms with Gasteiger partial charge in [-0.15, -0.1) is 0 Å². The van der Waals surface area contributed by atoms with Crippen LogP contribution in [0.1, 0.15) is 32.6 Å². The van der Waals surface area contributed by atoms with Crippen molar-refractivity contribution in [3.8, 4) is 0 Å². The summed E-state index contributed by atoms with van der Waals surface area (Å²) in [5, 5.41) is 0. The third-order valence-electron chi connectivity index (χ3n) is 2.05. The molecule has 0 spiro atoms. The maximum Gasteiger partial charge on any atom is 0.305 e. The topological polar surface area (TPSA) is 55.6 Å². The molecule has 15 heavy (non-hydrogen) atoms. The standard InChI is InChI=1S/C11H24N2O2/c1-10(12)6-4-7-11(14)15-9-5-8-13(2)3/h10H,4-9,12H2,1-3H3. The van der Waals surface area contributed by atoms with Crippen molar-refractivity contribution in [3.05, 3.63) is 0 Å². The summed E-state index contributed by atoms with van der Waals surface area (Å²) in [4.78, 5) is 13.3. The van der Waals surface area contributed by atoms with Gasteiger partial charge in [-0.25, -0.2) is 0 Å². The minimum Gasteiger partial charge on any atom is -0.466 e. The first-order valence-corrected chi connectivity index (χ1v) is 5.58. The van der Waals surface area contributed by atoms with Gasteiger partial charge in [0.05, 0.1) is 6.61 Å². The van der Waals surface area contributed by atoms with Crippen LogP contribution in [0.2, 0.25) is 0 Å². The number of rotatable bonds is 8. The van der Waals surface area contributed by atoms with Gasteiger partial charge in [-0.05, 0) is 40.3 Å². The molecule has 0 saturated carbocycles. The highest BCUT2D eigenvalue weighted by molar-refractivity contribution is 5.69. The van der Waals surface area contributed by atoms with Gasteiger partial charge in [0.25, 0.3) is 0 Å². The molecule has 0 saturated heterocycles. The van der Waals surface area contributed by atoms with Crippen molar-refractivity contribution in [1.82, 2.24) is 4.90 Å². The second-order valence-electron chi connectivity index (χ2n) is 4.25. The van der Waals surface area contributed by atoms with Crippen LogP contribution < -0.4 is 5.73 Å². The molecule has 0 amide bonds. The highest BCUT2D eigenvalue weighted by Gasteiger charge is 2.03. The van der Waals surface area contributed by atoms with Crippen molar-refractivity contribution in [2.75, 3.05) is 27.2 Å². The zero-order valence-corrected chi connectivity index (χ0v) is 10.2. The van der Waals surface area contributed by atoms with Crippen LogP contribution in [-0.4, -0.2) is 44.2 Å². The molecule has 1 unspecified atom stereocenters. The van der Waals surface area contributed by atoms with Crippen LogP contribution in [0.5, 0.6) is 0 Å². The first-order chi connectivity index (χ1) is 7.02. The van der Waals surface area contributed by atoms with E-state index >= 15 is 0 Å². The van der Waals surface area contributed by atoms with Gasteiger partial charge in [-0.2, -0.15) is 0 Å². The third-order valence-corrected chi connectivity index (χ3v) is 2.05. The summed E-state index contributed by atoms with van der Waals surface area (Å²) in [7, 11) is 4.01. The maximum absolute atomic E-state index is 11.2. The van der Waals surface area contributed by atoms with Gasteiger partial charge in [-0.1, -0.05) is 0 Å². The maximum atomic E-state index is 11.2. The fraction of sp³-hybridized carbons (Fsp3) is 0.909. The normalized spacial score (nSPS) is 12.9. The average molecular weight is 216 g/mol. The molecule has 1 atom stereocenters. The predicted octanol–water partition coefficient (Wildman–Crippen LogP) is 0.999. The SMILES string of the molecule is CC(N)CCCC(=O)OCCCN(C)C. The smallest absolute Gasteiger partial charge is 0.305 e. The van der Waals surface area contributed by atoms with E-state index in [4.69, 9.17) is 10.5 Å². The first kappa shape index (κ1) is 14.4. The fourth-order valence-corrected chi connectivity index (χ4v) is 1.21. The van der Waals surface area contributed by atoms with Gasteiger partial charge in [0.15, 0.2) is 0 Å². The van der Waals surface area contributed by atoms with E-state index in [1.807, 2.05) is 21.0 Å². The molecule has 2 N–H and O–H groups in total. The summed E-state index contributed by atoms with van der Waals surface area (Å²) < 4.78 is 5.07. The number of esters is 1. The summed E-state index contributed by atoms with van der Waals surface area (Å²) in [5.74, 6) is -0.102. The molecular weight excluding hydrogens is 192 g/mol. The Labute approximate surface area is 92.8 Å². The molecule has 4 heteroatoms. The molecule has 0 bridgehead atoms. The van der Waals surface area contributed by atoms with Crippen LogP contribution in [0, 0.1) is 0 Å². The van der Waals surface area contributed by atoms with Crippen molar-refractivity contribution >= 4 is 5.97 Å². The average Bonchev–Trinajstić information content (AvgIpc) is 2.11. The summed E-state index contributed by atoms with van der Waals surface area (Å²) in [5.41, 5.74) is 5.58. The molecule has 0 heterocycles. The second kappa shape index (κ2) is 8.68. The fourth-order valence-electron chi connectivity index (χ4n) is 1.21. The number of carbonyl (C=O) groups excluding carboxylic acids is 1. The molecule has 4 nitrogen and oxygen atoms in total. The number of carbonyl (C=O) groups is 1. The summed E-state index contributed by atoms with van der Waals surface area (Å²) >= 11 is 0. The lowest BCUT2D eigenvalue weighted by molar-refractivity contribution is -0.143. The van der Waals surface area contributed by atoms with Crippen LogP contribution in [-0.2, 0) is 9.53 Å². The first-order valence-electron chi connectivity index (χ1n) is 5.58. The van der Waals surface area contributed by atoms with E-state index in [-0.39, 0.29) is 12.0 Å². The number of ether oxygens (including phenoxy) is 1. The lowest BCUT2D eigenvalue weighted by Gasteiger charge is -2.09. The Balaban J connectivity index is 3.26. The summed E-state index contributed by atoms with van der Waals surface area (Å²) in [6, 6.07) is 0.173. The molecule has 0 radical (unpaired) electrons. The molecule has 0 aliphatic rings. The Kier molecular flexibility index (Phi) is 8.33. The van der Waals surface area contributed by atoms with Crippen LogP contribution >= 0.6 is 0 Å². The zero-order valence-electron chi connectivity index (χ0n) is 10.2. The van der Waals surface area contributed by atoms with E-state index in [0.29, 0.717) is 13.0 Å². The Bertz CT molecular complexity index is 170. The molecule has 0 rings (SSSR count). The highest BCUT2D eigenvalue weighted by atomic mass is 16.5. The third kappa shape index (κ3) is 11.3. The van der Waals surface area contributed by atoms with Crippen molar-refractivity contribution in [2.45, 2.75) is 38.6 Å². The van der Waals surface area contributed by atoms with E-state index in [9.17, 15) is 4.79 Å². The van der Waals surface area contributed by atoms with Gasteiger partial charge in [-0.3, -0.25) is 4.79 Å². The van der Waals surface area contributed by atoms with Crippen molar-refractivity contribution < 1.29 is 9.53 Å². The van der Waals surface area contributed by atoms with E-state index < -0.39 is 0 Å². The number of hydrogen-bond donors (Lipinski definition) is 1. The minimum absolute atomic E-state index is 0.102. The second-order valence-corrected chi connectivity index (χ2v) is 4.25. The van der Waals surface area contributed by atoms with Crippen molar-refractivity contribution in [1.29, 1.82) is 0 Å². The number of nitrogens with two attached hydrogens (primary N) is 1. The highest BCUT2D eigenvalue weighted by Crippen LogP contribution is 2.00. The lowest BCUT2D eigenvalue weighted by Crippen LogP contribution is -2.17. The van der Waals surface area contributed by atoms with E-state index in [2.05, 4.69) is 4.90 Å². The molecule has 0 aromatic carbocycles. The van der Waals surface area contributed by atoms with Gasteiger partial charge in [0.1, 0.15) is 0 Å². The van der Waals surface area contributed by atoms with E-state index in [1.165, 1.54) is 0 Å². The molecule has 90 valence electrons. The number of nitrogens with zero attached hydrogens (tertiary/aromatic N) is 1. The Morgan fingerprint density at radius 1 is 1.40 bits per heavy atom. The monoisotopic (exact) mass is 216 g/mol. The zero-order chi connectivity index (χ0) is 11.7. The van der Waals surface area contributed by atoms with Crippen molar-refractivity contribution in [3.63, 3.8) is 0 Å². The van der Waals surface area contributed by atoms with Crippen LogP contribution in [0.3, 0.4) is 0 Å². The van der Waals surface area contributed by atoms with Crippen LogP contribution in [0.25, 0.3) is 0 Å². The predicted molar refractivity (Wildman–Crippen MR) is 61.6 cm³/mol. The van der Waals surface area contributed by atoms with E-state index in [1.54, 1.807) is 0 Å². The largest absolute Gasteiger partial charge is 0.466 e. The van der Waals surface area contributed by atoms with Gasteiger partial charge in [0, 0.05) is 19.0 Å². The lowest BCUT2D eigenvalue weighted by atomic mass is 10.1. The van der Waals surface area contributed by atoms with Gasteiger partial charge in [0.2, 0.25) is 0 Å². The summed E-state index contributed by atoms with van der Waals surface area (Å²) in [6.07, 6.45) is 3.09. The Morgan fingerprint density at radius 3 is 2.60 bits per heavy atom. The number of hydrogen-bond acceptors (Lipinski definition) is 4. The molecule has 0 aliphatic carbocycles. The molecule has 0 aromatic heterocycles. The summed E-state index contributed by atoms with van der Waals surface area (Å²) in [6.45, 7) is 3.42. The van der Waals surface area contributed by atoms with Crippen molar-refractivity contribution in [2.24, 2.45) is 5.73 Å².